The van der Waals surface area contributed by atoms with Crippen LogP contribution in [0.25, 0.3) is 0 Å². The molecular weight excluding hydrogens is 451 g/mol. The van der Waals surface area contributed by atoms with Crippen molar-refractivity contribution in [3.05, 3.63) is 29.8 Å². The van der Waals surface area contributed by atoms with Gasteiger partial charge < -0.3 is 15.4 Å². The van der Waals surface area contributed by atoms with Gasteiger partial charge in [0.2, 0.25) is 0 Å². The third-order valence-corrected chi connectivity index (χ3v) is 5.68. The molecule has 1 aromatic rings. The molecule has 1 saturated carbocycles. The fourth-order valence-corrected chi connectivity index (χ4v) is 3.60. The molecule has 2 unspecified atom stereocenters. The van der Waals surface area contributed by atoms with Crippen LogP contribution in [0.2, 0.25) is 0 Å². The van der Waals surface area contributed by atoms with E-state index in [0.717, 1.165) is 31.3 Å². The highest BCUT2D eigenvalue weighted by molar-refractivity contribution is 14.0. The lowest BCUT2D eigenvalue weighted by Crippen LogP contribution is -2.46. The third kappa shape index (κ3) is 5.98. The van der Waals surface area contributed by atoms with Crippen LogP contribution in [0.3, 0.4) is 0 Å². The van der Waals surface area contributed by atoms with Crippen molar-refractivity contribution in [2.45, 2.75) is 64.8 Å². The lowest BCUT2D eigenvalue weighted by molar-refractivity contribution is 0.119. The first-order valence-electron chi connectivity index (χ1n) is 10.0. The van der Waals surface area contributed by atoms with E-state index in [1.165, 1.54) is 24.8 Å². The number of para-hydroxylation sites is 1. The number of hydrogen-bond acceptors (Lipinski definition) is 3. The van der Waals surface area contributed by atoms with E-state index in [-0.39, 0.29) is 24.0 Å². The van der Waals surface area contributed by atoms with Gasteiger partial charge in [-0.15, -0.1) is 24.0 Å². The number of benzene rings is 1. The Kier molecular flexibility index (Phi) is 8.66. The number of halogens is 1. The SMILES string of the molecule is CN=C(NCc1ccccc1OC1CCC1)NC1CN(C(C)C)CC1C.I. The Labute approximate surface area is 181 Å². The minimum atomic E-state index is 0. The number of rotatable bonds is 6. The summed E-state index contributed by atoms with van der Waals surface area (Å²) in [6.45, 7) is 9.78. The van der Waals surface area contributed by atoms with Gasteiger partial charge in [-0.1, -0.05) is 25.1 Å². The molecule has 5 nitrogen and oxygen atoms in total. The highest BCUT2D eigenvalue weighted by Crippen LogP contribution is 2.27. The molecule has 0 aromatic heterocycles. The van der Waals surface area contributed by atoms with Gasteiger partial charge >= 0.3 is 0 Å². The molecule has 2 fully saturated rings. The minimum Gasteiger partial charge on any atom is -0.490 e. The fraction of sp³-hybridized carbons (Fsp3) is 0.667. The average molecular weight is 486 g/mol. The Bertz CT molecular complexity index is 618. The molecule has 0 bridgehead atoms. The lowest BCUT2D eigenvalue weighted by atomic mass is 9.96. The highest BCUT2D eigenvalue weighted by atomic mass is 127. The minimum absolute atomic E-state index is 0. The summed E-state index contributed by atoms with van der Waals surface area (Å²) in [6, 6.07) is 9.35. The van der Waals surface area contributed by atoms with Crippen LogP contribution in [0.15, 0.2) is 29.3 Å². The Morgan fingerprint density at radius 1 is 1.26 bits per heavy atom. The van der Waals surface area contributed by atoms with Crippen LogP contribution in [-0.4, -0.2) is 49.2 Å². The maximum absolute atomic E-state index is 6.13. The molecular formula is C21H35IN4O. The molecule has 1 aliphatic heterocycles. The van der Waals surface area contributed by atoms with Crippen molar-refractivity contribution in [1.82, 2.24) is 15.5 Å². The van der Waals surface area contributed by atoms with Gasteiger partial charge in [0.05, 0.1) is 6.10 Å². The summed E-state index contributed by atoms with van der Waals surface area (Å²) >= 11 is 0. The monoisotopic (exact) mass is 486 g/mol. The Balaban J connectivity index is 0.00000261. The zero-order chi connectivity index (χ0) is 18.5. The zero-order valence-corrected chi connectivity index (χ0v) is 19.4. The van der Waals surface area contributed by atoms with Gasteiger partial charge in [0.25, 0.3) is 0 Å². The largest absolute Gasteiger partial charge is 0.490 e. The molecule has 1 aliphatic carbocycles. The second kappa shape index (κ2) is 10.5. The highest BCUT2D eigenvalue weighted by Gasteiger charge is 2.31. The lowest BCUT2D eigenvalue weighted by Gasteiger charge is -2.27. The van der Waals surface area contributed by atoms with Crippen LogP contribution in [0, 0.1) is 5.92 Å². The molecule has 1 heterocycles. The van der Waals surface area contributed by atoms with E-state index in [4.69, 9.17) is 4.74 Å². The van der Waals surface area contributed by atoms with Crippen LogP contribution in [0.5, 0.6) is 5.75 Å². The maximum atomic E-state index is 6.13. The van der Waals surface area contributed by atoms with Crippen molar-refractivity contribution in [3.63, 3.8) is 0 Å². The van der Waals surface area contributed by atoms with Gasteiger partial charge in [-0.05, 0) is 45.1 Å². The fourth-order valence-electron chi connectivity index (χ4n) is 3.60. The second-order valence-electron chi connectivity index (χ2n) is 7.98. The summed E-state index contributed by atoms with van der Waals surface area (Å²) in [6.07, 6.45) is 4.04. The normalized spacial score (nSPS) is 23.7. The molecule has 27 heavy (non-hydrogen) atoms. The van der Waals surface area contributed by atoms with Crippen molar-refractivity contribution < 1.29 is 4.74 Å². The van der Waals surface area contributed by atoms with Crippen molar-refractivity contribution in [2.24, 2.45) is 10.9 Å². The quantitative estimate of drug-likeness (QED) is 0.367. The Morgan fingerprint density at radius 3 is 2.59 bits per heavy atom. The van der Waals surface area contributed by atoms with E-state index in [1.54, 1.807) is 0 Å². The van der Waals surface area contributed by atoms with E-state index < -0.39 is 0 Å². The molecule has 152 valence electrons. The van der Waals surface area contributed by atoms with Gasteiger partial charge in [-0.2, -0.15) is 0 Å². The van der Waals surface area contributed by atoms with Crippen molar-refractivity contribution in [3.8, 4) is 5.75 Å². The third-order valence-electron chi connectivity index (χ3n) is 5.68. The molecule has 3 rings (SSSR count). The summed E-state index contributed by atoms with van der Waals surface area (Å²) < 4.78 is 6.13. The Hall–Kier alpha value is -1.02. The topological polar surface area (TPSA) is 48.9 Å². The van der Waals surface area contributed by atoms with Crippen LogP contribution in [0.4, 0.5) is 0 Å². The van der Waals surface area contributed by atoms with E-state index >= 15 is 0 Å². The van der Waals surface area contributed by atoms with Gasteiger partial charge in [0, 0.05) is 44.3 Å². The first-order chi connectivity index (χ1) is 12.6. The standard InChI is InChI=1S/C21H34N4O.HI/c1-15(2)25-13-16(3)19(14-25)24-21(22-4)23-12-17-8-5-6-11-20(17)26-18-9-7-10-18;/h5-6,8,11,15-16,18-19H,7,9-10,12-14H2,1-4H3,(H2,22,23,24);1H. The van der Waals surface area contributed by atoms with Gasteiger partial charge in [0.1, 0.15) is 5.75 Å². The molecule has 0 spiro atoms. The number of hydrogen-bond donors (Lipinski definition) is 2. The average Bonchev–Trinajstić information content (AvgIpc) is 2.96. The predicted molar refractivity (Wildman–Crippen MR) is 123 cm³/mol. The van der Waals surface area contributed by atoms with Crippen LogP contribution < -0.4 is 15.4 Å². The molecule has 1 aromatic carbocycles. The van der Waals surface area contributed by atoms with E-state index in [9.17, 15) is 0 Å². The summed E-state index contributed by atoms with van der Waals surface area (Å²) in [5.41, 5.74) is 1.19. The number of nitrogens with one attached hydrogen (secondary N) is 2. The second-order valence-corrected chi connectivity index (χ2v) is 7.98. The summed E-state index contributed by atoms with van der Waals surface area (Å²) in [7, 11) is 1.84. The Morgan fingerprint density at radius 2 is 2.00 bits per heavy atom. The van der Waals surface area contributed by atoms with Crippen molar-refractivity contribution in [1.29, 1.82) is 0 Å². The van der Waals surface area contributed by atoms with Gasteiger partial charge in [0.15, 0.2) is 5.96 Å². The molecule has 0 radical (unpaired) electrons. The predicted octanol–water partition coefficient (Wildman–Crippen LogP) is 3.63. The van der Waals surface area contributed by atoms with E-state index in [2.05, 4.69) is 59.5 Å². The summed E-state index contributed by atoms with van der Waals surface area (Å²) in [4.78, 5) is 6.95. The number of likely N-dealkylation sites (tertiary alicyclic amines) is 1. The molecule has 2 atom stereocenters. The van der Waals surface area contributed by atoms with Gasteiger partial charge in [-0.3, -0.25) is 9.89 Å². The summed E-state index contributed by atoms with van der Waals surface area (Å²) in [5, 5.41) is 7.08. The first kappa shape index (κ1) is 22.3. The number of aliphatic imine (C=N–C) groups is 1. The molecule has 2 N–H and O–H groups in total. The van der Waals surface area contributed by atoms with Crippen molar-refractivity contribution in [2.75, 3.05) is 20.1 Å². The van der Waals surface area contributed by atoms with E-state index in [0.29, 0.717) is 24.1 Å². The number of ether oxygens (including phenoxy) is 1. The molecule has 1 saturated heterocycles. The van der Waals surface area contributed by atoms with Crippen LogP contribution in [0.1, 0.15) is 45.6 Å². The maximum Gasteiger partial charge on any atom is 0.191 e. The number of nitrogens with zero attached hydrogens (tertiary/aromatic N) is 2. The van der Waals surface area contributed by atoms with E-state index in [1.807, 2.05) is 13.1 Å². The van der Waals surface area contributed by atoms with Crippen LogP contribution in [-0.2, 0) is 6.54 Å². The van der Waals surface area contributed by atoms with Crippen molar-refractivity contribution >= 4 is 29.9 Å². The summed E-state index contributed by atoms with van der Waals surface area (Å²) in [5.74, 6) is 2.48. The molecule has 0 amide bonds. The number of guanidine groups is 1. The van der Waals surface area contributed by atoms with Crippen LogP contribution >= 0.6 is 24.0 Å². The smallest absolute Gasteiger partial charge is 0.191 e. The zero-order valence-electron chi connectivity index (χ0n) is 17.1. The molecule has 6 heteroatoms. The van der Waals surface area contributed by atoms with Gasteiger partial charge in [-0.25, -0.2) is 0 Å². The molecule has 2 aliphatic rings. The first-order valence-corrected chi connectivity index (χ1v) is 10.0.